The third kappa shape index (κ3) is 4.66. The summed E-state index contributed by atoms with van der Waals surface area (Å²) in [7, 11) is 0. The largest absolute Gasteiger partial charge is 0.391 e. The molecular formula is C11H14Cl2N4OS. The molecule has 0 fully saturated rings. The fourth-order valence-electron chi connectivity index (χ4n) is 1.27. The van der Waals surface area contributed by atoms with E-state index >= 15 is 0 Å². The summed E-state index contributed by atoms with van der Waals surface area (Å²) in [6, 6.07) is 9.89. The van der Waals surface area contributed by atoms with E-state index in [2.05, 4.69) is 9.97 Å². The summed E-state index contributed by atoms with van der Waals surface area (Å²) < 4.78 is 0. The molecule has 0 atom stereocenters. The van der Waals surface area contributed by atoms with E-state index in [9.17, 15) is 4.79 Å². The van der Waals surface area contributed by atoms with E-state index in [-0.39, 0.29) is 36.3 Å². The Morgan fingerprint density at radius 2 is 1.79 bits per heavy atom. The summed E-state index contributed by atoms with van der Waals surface area (Å²) >= 11 is 1.41. The van der Waals surface area contributed by atoms with Crippen LogP contribution in [0.1, 0.15) is 5.56 Å². The van der Waals surface area contributed by atoms with Gasteiger partial charge in [-0.15, -0.1) is 24.8 Å². The summed E-state index contributed by atoms with van der Waals surface area (Å²) in [6.45, 7) is 0. The maximum absolute atomic E-state index is 11.4. The molecule has 5 nitrogen and oxygen atoms in total. The maximum atomic E-state index is 11.4. The molecule has 8 heteroatoms. The van der Waals surface area contributed by atoms with Crippen molar-refractivity contribution in [1.29, 1.82) is 0 Å². The van der Waals surface area contributed by atoms with Gasteiger partial charge in [0, 0.05) is 5.75 Å². The molecule has 0 aliphatic carbocycles. The third-order valence-electron chi connectivity index (χ3n) is 2.18. The minimum atomic E-state index is -0.395. The number of nitrogens with zero attached hydrogens (tertiary/aromatic N) is 1. The van der Waals surface area contributed by atoms with Crippen molar-refractivity contribution in [2.75, 3.05) is 11.5 Å². The van der Waals surface area contributed by atoms with Crippen molar-refractivity contribution >= 4 is 48.1 Å². The molecule has 0 bridgehead atoms. The molecule has 0 amide bonds. The Morgan fingerprint density at radius 3 is 2.37 bits per heavy atom. The average molecular weight is 321 g/mol. The Kier molecular flexibility index (Phi) is 7.36. The number of halogens is 2. The quantitative estimate of drug-likeness (QED) is 0.594. The second-order valence-electron chi connectivity index (χ2n) is 3.44. The summed E-state index contributed by atoms with van der Waals surface area (Å²) in [4.78, 5) is 17.9. The second-order valence-corrected chi connectivity index (χ2v) is 4.41. The second kappa shape index (κ2) is 7.93. The van der Waals surface area contributed by atoms with Gasteiger partial charge in [-0.1, -0.05) is 42.1 Å². The van der Waals surface area contributed by atoms with Gasteiger partial charge in [-0.05, 0) is 5.56 Å². The first-order chi connectivity index (χ1) is 8.16. The smallest absolute Gasteiger partial charge is 0.276 e. The lowest BCUT2D eigenvalue weighted by Crippen LogP contribution is -2.16. The van der Waals surface area contributed by atoms with Crippen LogP contribution < -0.4 is 17.0 Å². The number of rotatable bonds is 3. The van der Waals surface area contributed by atoms with E-state index < -0.39 is 5.56 Å². The SMILES string of the molecule is Cl.Cl.Nc1nc(SCc2ccccc2)[nH]c(=O)c1N. The van der Waals surface area contributed by atoms with Crippen LogP contribution in [0.5, 0.6) is 0 Å². The highest BCUT2D eigenvalue weighted by Crippen LogP contribution is 2.19. The first-order valence-electron chi connectivity index (χ1n) is 4.99. The maximum Gasteiger partial charge on any atom is 0.276 e. The van der Waals surface area contributed by atoms with E-state index in [4.69, 9.17) is 11.5 Å². The Labute approximate surface area is 127 Å². The average Bonchev–Trinajstić information content (AvgIpc) is 2.34. The minimum absolute atomic E-state index is 0. The van der Waals surface area contributed by atoms with Gasteiger partial charge in [0.1, 0.15) is 5.69 Å². The summed E-state index contributed by atoms with van der Waals surface area (Å²) in [6.07, 6.45) is 0. The van der Waals surface area contributed by atoms with Gasteiger partial charge in [-0.3, -0.25) is 9.78 Å². The van der Waals surface area contributed by atoms with Crippen LogP contribution in [-0.2, 0) is 5.75 Å². The van der Waals surface area contributed by atoms with Gasteiger partial charge in [-0.25, -0.2) is 4.98 Å². The van der Waals surface area contributed by atoms with E-state index in [1.165, 1.54) is 11.8 Å². The van der Waals surface area contributed by atoms with Gasteiger partial charge in [-0.2, -0.15) is 0 Å². The highest BCUT2D eigenvalue weighted by Gasteiger charge is 2.05. The fraction of sp³-hybridized carbons (Fsp3) is 0.0909. The number of nitrogens with one attached hydrogen (secondary N) is 1. The van der Waals surface area contributed by atoms with E-state index in [0.29, 0.717) is 10.9 Å². The molecule has 1 heterocycles. The predicted molar refractivity (Wildman–Crippen MR) is 84.2 cm³/mol. The number of anilines is 2. The lowest BCUT2D eigenvalue weighted by Gasteiger charge is -2.03. The molecule has 104 valence electrons. The number of aromatic amines is 1. The molecule has 1 aromatic heterocycles. The van der Waals surface area contributed by atoms with E-state index in [1.54, 1.807) is 0 Å². The molecule has 0 aliphatic heterocycles. The van der Waals surface area contributed by atoms with E-state index in [1.807, 2.05) is 30.3 Å². The van der Waals surface area contributed by atoms with Crippen LogP contribution in [0.15, 0.2) is 40.3 Å². The van der Waals surface area contributed by atoms with Crippen molar-refractivity contribution in [3.05, 3.63) is 46.2 Å². The predicted octanol–water partition coefficient (Wildman–Crippen LogP) is 2.07. The summed E-state index contributed by atoms with van der Waals surface area (Å²) in [5.41, 5.74) is 11.7. The zero-order valence-corrected chi connectivity index (χ0v) is 12.3. The molecule has 0 radical (unpaired) electrons. The van der Waals surface area contributed by atoms with Gasteiger partial charge in [0.15, 0.2) is 11.0 Å². The molecule has 0 saturated heterocycles. The number of nitrogens with two attached hydrogens (primary N) is 2. The summed E-state index contributed by atoms with van der Waals surface area (Å²) in [5.74, 6) is 0.789. The number of benzene rings is 1. The number of hydrogen-bond donors (Lipinski definition) is 3. The van der Waals surface area contributed by atoms with Crippen LogP contribution >= 0.6 is 36.6 Å². The lowest BCUT2D eigenvalue weighted by molar-refractivity contribution is 0.949. The van der Waals surface area contributed by atoms with Crippen molar-refractivity contribution in [2.24, 2.45) is 0 Å². The molecule has 2 aromatic rings. The summed E-state index contributed by atoms with van der Waals surface area (Å²) in [5, 5.41) is 0.477. The van der Waals surface area contributed by atoms with Crippen molar-refractivity contribution < 1.29 is 0 Å². The Bertz CT molecular complexity index is 577. The Balaban J connectivity index is 0.00000162. The number of hydrogen-bond acceptors (Lipinski definition) is 5. The molecule has 5 N–H and O–H groups in total. The molecule has 0 aliphatic rings. The molecular weight excluding hydrogens is 307 g/mol. The minimum Gasteiger partial charge on any atom is -0.391 e. The van der Waals surface area contributed by atoms with Crippen LogP contribution in [0.2, 0.25) is 0 Å². The molecule has 1 aromatic carbocycles. The third-order valence-corrected chi connectivity index (χ3v) is 3.13. The van der Waals surface area contributed by atoms with Gasteiger partial charge >= 0.3 is 0 Å². The number of thioether (sulfide) groups is 1. The van der Waals surface area contributed by atoms with Crippen molar-refractivity contribution in [2.45, 2.75) is 10.9 Å². The molecule has 19 heavy (non-hydrogen) atoms. The van der Waals surface area contributed by atoms with E-state index in [0.717, 1.165) is 5.56 Å². The monoisotopic (exact) mass is 320 g/mol. The van der Waals surface area contributed by atoms with Crippen LogP contribution in [0.4, 0.5) is 11.5 Å². The zero-order valence-electron chi connectivity index (χ0n) is 9.83. The van der Waals surface area contributed by atoms with Gasteiger partial charge in [0.2, 0.25) is 0 Å². The normalized spacial score (nSPS) is 9.26. The van der Waals surface area contributed by atoms with Crippen molar-refractivity contribution in [1.82, 2.24) is 9.97 Å². The molecule has 0 saturated carbocycles. The first-order valence-corrected chi connectivity index (χ1v) is 5.97. The Hall–Kier alpha value is -1.37. The molecule has 0 unspecified atom stereocenters. The topological polar surface area (TPSA) is 97.8 Å². The highest BCUT2D eigenvalue weighted by molar-refractivity contribution is 7.98. The number of aromatic nitrogens is 2. The van der Waals surface area contributed by atoms with Crippen molar-refractivity contribution in [3.8, 4) is 0 Å². The fourth-order valence-corrected chi connectivity index (χ4v) is 2.10. The molecule has 2 rings (SSSR count). The van der Waals surface area contributed by atoms with Crippen LogP contribution in [0.25, 0.3) is 0 Å². The first kappa shape index (κ1) is 17.6. The van der Waals surface area contributed by atoms with Gasteiger partial charge in [0.25, 0.3) is 5.56 Å². The van der Waals surface area contributed by atoms with Crippen molar-refractivity contribution in [3.63, 3.8) is 0 Å². The number of nitrogen functional groups attached to an aromatic ring is 2. The van der Waals surface area contributed by atoms with Crippen LogP contribution in [0, 0.1) is 0 Å². The number of H-pyrrole nitrogens is 1. The highest BCUT2D eigenvalue weighted by atomic mass is 35.5. The zero-order chi connectivity index (χ0) is 12.3. The molecule has 0 spiro atoms. The van der Waals surface area contributed by atoms with Gasteiger partial charge < -0.3 is 11.5 Å². The van der Waals surface area contributed by atoms with Gasteiger partial charge in [0.05, 0.1) is 0 Å². The standard InChI is InChI=1S/C11H12N4OS.2ClH/c12-8-9(13)14-11(15-10(8)16)17-6-7-4-2-1-3-5-7;;/h1-5H,6,12H2,(H3,13,14,15,16);2*1H. The van der Waals surface area contributed by atoms with Crippen LogP contribution in [0.3, 0.4) is 0 Å². The Morgan fingerprint density at radius 1 is 1.16 bits per heavy atom. The van der Waals surface area contributed by atoms with Crippen LogP contribution in [-0.4, -0.2) is 9.97 Å². The lowest BCUT2D eigenvalue weighted by atomic mass is 10.2.